The van der Waals surface area contributed by atoms with Crippen molar-refractivity contribution in [2.24, 2.45) is 5.92 Å². The molecule has 0 aliphatic heterocycles. The van der Waals surface area contributed by atoms with Crippen LogP contribution in [-0.2, 0) is 13.1 Å². The molecule has 29 heavy (non-hydrogen) atoms. The second-order valence-electron chi connectivity index (χ2n) is 7.64. The fourth-order valence-corrected chi connectivity index (χ4v) is 3.29. The van der Waals surface area contributed by atoms with Gasteiger partial charge in [0.15, 0.2) is 0 Å². The molecule has 6 heteroatoms. The van der Waals surface area contributed by atoms with E-state index in [1.807, 2.05) is 39.0 Å². The highest BCUT2D eigenvalue weighted by molar-refractivity contribution is 5.94. The van der Waals surface area contributed by atoms with Crippen molar-refractivity contribution in [1.29, 1.82) is 0 Å². The molecule has 0 fully saturated rings. The highest BCUT2D eigenvalue weighted by atomic mass is 16.2. The molecule has 1 heterocycles. The second kappa shape index (κ2) is 8.90. The number of amides is 1. The van der Waals surface area contributed by atoms with Gasteiger partial charge in [0.25, 0.3) is 11.5 Å². The van der Waals surface area contributed by atoms with Crippen LogP contribution in [0, 0.1) is 5.92 Å². The Morgan fingerprint density at radius 2 is 1.69 bits per heavy atom. The topological polar surface area (TPSA) is 73.1 Å². The third kappa shape index (κ3) is 4.47. The van der Waals surface area contributed by atoms with Gasteiger partial charge in [-0.15, -0.1) is 0 Å². The normalized spacial score (nSPS) is 11.2. The Morgan fingerprint density at radius 3 is 2.34 bits per heavy atom. The van der Waals surface area contributed by atoms with Crippen molar-refractivity contribution in [2.75, 3.05) is 6.54 Å². The van der Waals surface area contributed by atoms with E-state index in [-0.39, 0.29) is 17.2 Å². The SMILES string of the molecule is CCCn1c(=O)c2ccccc2n(Cc2ccc(C(=O)NCC(C)C)cc2)c1=O. The van der Waals surface area contributed by atoms with Crippen LogP contribution in [0.4, 0.5) is 0 Å². The van der Waals surface area contributed by atoms with Gasteiger partial charge in [0.05, 0.1) is 17.4 Å². The van der Waals surface area contributed by atoms with Crippen LogP contribution < -0.4 is 16.6 Å². The summed E-state index contributed by atoms with van der Waals surface area (Å²) in [5.41, 5.74) is 1.53. The Morgan fingerprint density at radius 1 is 1.00 bits per heavy atom. The van der Waals surface area contributed by atoms with E-state index >= 15 is 0 Å². The summed E-state index contributed by atoms with van der Waals surface area (Å²) >= 11 is 0. The number of benzene rings is 2. The Bertz CT molecular complexity index is 1120. The number of aromatic nitrogens is 2. The molecule has 0 saturated carbocycles. The maximum atomic E-state index is 13.0. The van der Waals surface area contributed by atoms with Gasteiger partial charge in [0, 0.05) is 18.7 Å². The van der Waals surface area contributed by atoms with Crippen molar-refractivity contribution in [3.8, 4) is 0 Å². The monoisotopic (exact) mass is 393 g/mol. The molecular formula is C23H27N3O3. The summed E-state index contributed by atoms with van der Waals surface area (Å²) in [5.74, 6) is 0.279. The highest BCUT2D eigenvalue weighted by Gasteiger charge is 2.13. The van der Waals surface area contributed by atoms with Gasteiger partial charge in [-0.1, -0.05) is 45.0 Å². The van der Waals surface area contributed by atoms with Gasteiger partial charge in [-0.05, 0) is 42.2 Å². The molecule has 1 amide bonds. The third-order valence-corrected chi connectivity index (χ3v) is 4.81. The predicted octanol–water partition coefficient (Wildman–Crippen LogP) is 3.01. The van der Waals surface area contributed by atoms with Crippen LogP contribution >= 0.6 is 0 Å². The van der Waals surface area contributed by atoms with Crippen molar-refractivity contribution in [1.82, 2.24) is 14.5 Å². The van der Waals surface area contributed by atoms with Crippen LogP contribution in [0.5, 0.6) is 0 Å². The van der Waals surface area contributed by atoms with Crippen molar-refractivity contribution >= 4 is 16.8 Å². The van der Waals surface area contributed by atoms with Crippen LogP contribution in [0.2, 0.25) is 0 Å². The van der Waals surface area contributed by atoms with E-state index in [0.717, 1.165) is 5.56 Å². The van der Waals surface area contributed by atoms with Crippen LogP contribution in [-0.4, -0.2) is 21.6 Å². The van der Waals surface area contributed by atoms with E-state index in [0.29, 0.717) is 48.4 Å². The first-order chi connectivity index (χ1) is 13.9. The largest absolute Gasteiger partial charge is 0.352 e. The fraction of sp³-hybridized carbons (Fsp3) is 0.348. The number of hydrogen-bond donors (Lipinski definition) is 1. The molecule has 0 aliphatic carbocycles. The number of carbonyl (C=O) groups is 1. The molecule has 1 aromatic heterocycles. The van der Waals surface area contributed by atoms with Crippen LogP contribution in [0.1, 0.15) is 43.1 Å². The van der Waals surface area contributed by atoms with Crippen molar-refractivity contribution in [3.05, 3.63) is 80.5 Å². The molecular weight excluding hydrogens is 366 g/mol. The standard InChI is InChI=1S/C23H27N3O3/c1-4-13-25-22(28)19-7-5-6-8-20(19)26(23(25)29)15-17-9-11-18(12-10-17)21(27)24-14-16(2)3/h5-12,16H,4,13-15H2,1-3H3,(H,24,27). The quantitative estimate of drug-likeness (QED) is 0.671. The minimum absolute atomic E-state index is 0.107. The Labute approximate surface area is 169 Å². The lowest BCUT2D eigenvalue weighted by Gasteiger charge is -2.14. The molecule has 0 bridgehead atoms. The van der Waals surface area contributed by atoms with Crippen LogP contribution in [0.3, 0.4) is 0 Å². The van der Waals surface area contributed by atoms with Gasteiger partial charge in [0.2, 0.25) is 0 Å². The molecule has 0 spiro atoms. The number of rotatable bonds is 7. The number of hydrogen-bond acceptors (Lipinski definition) is 3. The van der Waals surface area contributed by atoms with E-state index in [2.05, 4.69) is 5.32 Å². The lowest BCUT2D eigenvalue weighted by Crippen LogP contribution is -2.40. The molecule has 3 aromatic rings. The summed E-state index contributed by atoms with van der Waals surface area (Å²) in [6.07, 6.45) is 0.702. The number of carbonyl (C=O) groups excluding carboxylic acids is 1. The molecule has 0 saturated heterocycles. The van der Waals surface area contributed by atoms with E-state index < -0.39 is 0 Å². The number of nitrogens with zero attached hydrogens (tertiary/aromatic N) is 2. The highest BCUT2D eigenvalue weighted by Crippen LogP contribution is 2.12. The summed E-state index contributed by atoms with van der Waals surface area (Å²) in [7, 11) is 0. The van der Waals surface area contributed by atoms with Crippen LogP contribution in [0.15, 0.2) is 58.1 Å². The molecule has 0 unspecified atom stereocenters. The average molecular weight is 393 g/mol. The lowest BCUT2D eigenvalue weighted by atomic mass is 10.1. The van der Waals surface area contributed by atoms with Gasteiger partial charge in [-0.25, -0.2) is 4.79 Å². The number of para-hydroxylation sites is 1. The average Bonchev–Trinajstić information content (AvgIpc) is 2.73. The van der Waals surface area contributed by atoms with Gasteiger partial charge in [0.1, 0.15) is 0 Å². The van der Waals surface area contributed by atoms with Crippen molar-refractivity contribution in [2.45, 2.75) is 40.3 Å². The van der Waals surface area contributed by atoms with Gasteiger partial charge in [-0.3, -0.25) is 18.7 Å². The molecule has 0 aliphatic rings. The van der Waals surface area contributed by atoms with E-state index in [1.54, 1.807) is 34.9 Å². The molecule has 3 rings (SSSR count). The van der Waals surface area contributed by atoms with Crippen molar-refractivity contribution < 1.29 is 4.79 Å². The first-order valence-electron chi connectivity index (χ1n) is 10.0. The lowest BCUT2D eigenvalue weighted by molar-refractivity contribution is 0.0949. The zero-order valence-corrected chi connectivity index (χ0v) is 17.1. The molecule has 1 N–H and O–H groups in total. The van der Waals surface area contributed by atoms with E-state index in [4.69, 9.17) is 0 Å². The zero-order valence-electron chi connectivity index (χ0n) is 17.1. The van der Waals surface area contributed by atoms with Gasteiger partial charge >= 0.3 is 5.69 Å². The first kappa shape index (κ1) is 20.6. The fourth-order valence-electron chi connectivity index (χ4n) is 3.29. The molecule has 0 radical (unpaired) electrons. The third-order valence-electron chi connectivity index (χ3n) is 4.81. The summed E-state index contributed by atoms with van der Waals surface area (Å²) < 4.78 is 2.93. The number of fused-ring (bicyclic) bond motifs is 1. The first-order valence-corrected chi connectivity index (χ1v) is 10.0. The smallest absolute Gasteiger partial charge is 0.331 e. The Balaban J connectivity index is 1.95. The van der Waals surface area contributed by atoms with E-state index in [9.17, 15) is 14.4 Å². The minimum atomic E-state index is -0.311. The maximum Gasteiger partial charge on any atom is 0.331 e. The van der Waals surface area contributed by atoms with Crippen molar-refractivity contribution in [3.63, 3.8) is 0 Å². The van der Waals surface area contributed by atoms with Crippen LogP contribution in [0.25, 0.3) is 10.9 Å². The Hall–Kier alpha value is -3.15. The summed E-state index contributed by atoms with van der Waals surface area (Å²) in [6, 6.07) is 14.4. The zero-order chi connectivity index (χ0) is 21.0. The summed E-state index contributed by atoms with van der Waals surface area (Å²) in [4.78, 5) is 37.9. The van der Waals surface area contributed by atoms with Gasteiger partial charge < -0.3 is 5.32 Å². The predicted molar refractivity (Wildman–Crippen MR) is 115 cm³/mol. The minimum Gasteiger partial charge on any atom is -0.352 e. The van der Waals surface area contributed by atoms with Gasteiger partial charge in [-0.2, -0.15) is 0 Å². The molecule has 152 valence electrons. The number of nitrogens with one attached hydrogen (secondary N) is 1. The van der Waals surface area contributed by atoms with E-state index in [1.165, 1.54) is 4.57 Å². The molecule has 0 atom stereocenters. The molecule has 6 nitrogen and oxygen atoms in total. The second-order valence-corrected chi connectivity index (χ2v) is 7.64. The Kier molecular flexibility index (Phi) is 6.32. The summed E-state index contributed by atoms with van der Waals surface area (Å²) in [5, 5.41) is 3.43. The maximum absolute atomic E-state index is 13.0. The molecule has 2 aromatic carbocycles. The summed E-state index contributed by atoms with van der Waals surface area (Å²) in [6.45, 7) is 7.37.